The number of anilines is 3. The minimum absolute atomic E-state index is 0.0518. The molecule has 0 saturated heterocycles. The average Bonchev–Trinajstić information content (AvgIpc) is 2.94. The van der Waals surface area contributed by atoms with Crippen LogP contribution in [-0.4, -0.2) is 38.9 Å². The van der Waals surface area contributed by atoms with E-state index in [4.69, 9.17) is 14.5 Å². The maximum atomic E-state index is 12.9. The Hall–Kier alpha value is -4.24. The number of ether oxygens (including phenoxy) is 1. The van der Waals surface area contributed by atoms with Gasteiger partial charge in [-0.3, -0.25) is 4.79 Å². The molecular weight excluding hydrogens is 498 g/mol. The Morgan fingerprint density at radius 2 is 1.82 bits per heavy atom. The molecule has 0 aliphatic carbocycles. The maximum Gasteiger partial charge on any atom is 0.229 e. The molecule has 38 heavy (non-hydrogen) atoms. The van der Waals surface area contributed by atoms with Gasteiger partial charge in [0, 0.05) is 46.6 Å². The molecule has 9 heteroatoms. The van der Waals surface area contributed by atoms with Crippen molar-refractivity contribution in [1.82, 2.24) is 9.97 Å². The summed E-state index contributed by atoms with van der Waals surface area (Å²) in [5, 5.41) is 6.56. The van der Waals surface area contributed by atoms with Gasteiger partial charge in [0.05, 0.1) is 16.3 Å². The maximum absolute atomic E-state index is 12.9. The van der Waals surface area contributed by atoms with E-state index < -0.39 is 9.73 Å². The summed E-state index contributed by atoms with van der Waals surface area (Å²) in [6.07, 6.45) is 3.50. The summed E-state index contributed by atoms with van der Waals surface area (Å²) in [5.41, 5.74) is 3.14. The zero-order valence-corrected chi connectivity index (χ0v) is 21.7. The lowest BCUT2D eigenvalue weighted by molar-refractivity contribution is 0.0962. The third kappa shape index (κ3) is 6.18. The van der Waals surface area contributed by atoms with Crippen molar-refractivity contribution in [2.75, 3.05) is 29.5 Å². The Morgan fingerprint density at radius 3 is 2.63 bits per heavy atom. The van der Waals surface area contributed by atoms with Crippen molar-refractivity contribution in [2.45, 2.75) is 24.2 Å². The largest absolute Gasteiger partial charge is 0.493 e. The minimum atomic E-state index is -2.86. The molecule has 8 nitrogen and oxygen atoms in total. The van der Waals surface area contributed by atoms with E-state index in [1.807, 2.05) is 60.7 Å². The monoisotopic (exact) mass is 527 g/mol. The summed E-state index contributed by atoms with van der Waals surface area (Å²) >= 11 is 0. The molecule has 0 amide bonds. The standard InChI is InChI=1S/C29H29N5O3S/c30-38(36)18-5-4-16-31-28-26(20-32-29(34-28)33-23-9-6-10-25(38)19-23)21-11-13-24(14-12-21)37-17-15-27(35)22-7-2-1-3-8-22/h1-3,6-14,19-20,30H,4-5,15-18H2,(H2,31,32,33,34). The van der Waals surface area contributed by atoms with E-state index in [1.165, 1.54) is 0 Å². The first-order chi connectivity index (χ1) is 18.5. The Kier molecular flexibility index (Phi) is 7.65. The van der Waals surface area contributed by atoms with E-state index in [1.54, 1.807) is 24.4 Å². The molecule has 1 aliphatic heterocycles. The number of hydrogen-bond acceptors (Lipinski definition) is 8. The van der Waals surface area contributed by atoms with Crippen LogP contribution in [0.5, 0.6) is 5.75 Å². The molecule has 1 aliphatic rings. The number of Topliss-reactive ketones (excluding diaryl/α,β-unsaturated/α-hetero) is 1. The average molecular weight is 528 g/mol. The fourth-order valence-corrected chi connectivity index (χ4v) is 5.67. The number of rotatable bonds is 6. The van der Waals surface area contributed by atoms with Gasteiger partial charge < -0.3 is 15.4 Å². The normalized spacial score (nSPS) is 17.1. The second kappa shape index (κ2) is 11.4. The molecule has 4 bridgehead atoms. The SMILES string of the molecule is N=S1(=O)CCCCNc2nc(ncc2-c2ccc(OCCC(=O)c3ccccc3)cc2)Nc2cccc1c2. The van der Waals surface area contributed by atoms with Crippen LogP contribution in [0.1, 0.15) is 29.6 Å². The highest BCUT2D eigenvalue weighted by Gasteiger charge is 2.15. The molecule has 194 valence electrons. The highest BCUT2D eigenvalue weighted by molar-refractivity contribution is 7.92. The molecule has 0 saturated carbocycles. The third-order valence-electron chi connectivity index (χ3n) is 6.27. The summed E-state index contributed by atoms with van der Waals surface area (Å²) in [6, 6.07) is 24.0. The lowest BCUT2D eigenvalue weighted by atomic mass is 10.1. The summed E-state index contributed by atoms with van der Waals surface area (Å²) in [6.45, 7) is 0.933. The second-order valence-electron chi connectivity index (χ2n) is 9.03. The first-order valence-corrected chi connectivity index (χ1v) is 14.3. The van der Waals surface area contributed by atoms with E-state index in [0.717, 1.165) is 17.5 Å². The van der Waals surface area contributed by atoms with Gasteiger partial charge in [0.15, 0.2) is 5.78 Å². The first kappa shape index (κ1) is 25.4. The lowest BCUT2D eigenvalue weighted by Gasteiger charge is -2.14. The predicted molar refractivity (Wildman–Crippen MR) is 150 cm³/mol. The van der Waals surface area contributed by atoms with Crippen molar-refractivity contribution in [2.24, 2.45) is 0 Å². The topological polar surface area (TPSA) is 117 Å². The van der Waals surface area contributed by atoms with Crippen LogP contribution in [0.4, 0.5) is 17.5 Å². The van der Waals surface area contributed by atoms with Crippen molar-refractivity contribution in [3.05, 3.63) is 90.6 Å². The smallest absolute Gasteiger partial charge is 0.229 e. The van der Waals surface area contributed by atoms with Gasteiger partial charge in [0.25, 0.3) is 0 Å². The highest BCUT2D eigenvalue weighted by Crippen LogP contribution is 2.30. The van der Waals surface area contributed by atoms with E-state index >= 15 is 0 Å². The first-order valence-electron chi connectivity index (χ1n) is 12.5. The summed E-state index contributed by atoms with van der Waals surface area (Å²) in [5.74, 6) is 2.14. The predicted octanol–water partition coefficient (Wildman–Crippen LogP) is 6.15. The quantitative estimate of drug-likeness (QED) is 0.257. The van der Waals surface area contributed by atoms with Crippen LogP contribution >= 0.6 is 0 Å². The van der Waals surface area contributed by atoms with E-state index in [-0.39, 0.29) is 5.78 Å². The van der Waals surface area contributed by atoms with Gasteiger partial charge in [-0.25, -0.2) is 14.0 Å². The number of fused-ring (bicyclic) bond motifs is 4. The van der Waals surface area contributed by atoms with Crippen LogP contribution in [0.25, 0.3) is 11.1 Å². The lowest BCUT2D eigenvalue weighted by Crippen LogP contribution is -2.09. The molecule has 3 N–H and O–H groups in total. The molecule has 2 heterocycles. The third-order valence-corrected chi connectivity index (χ3v) is 8.15. The van der Waals surface area contributed by atoms with Crippen LogP contribution in [0.2, 0.25) is 0 Å². The molecule has 0 spiro atoms. The molecule has 4 aromatic rings. The van der Waals surface area contributed by atoms with Gasteiger partial charge in [-0.15, -0.1) is 0 Å². The van der Waals surface area contributed by atoms with Gasteiger partial charge in [-0.1, -0.05) is 48.5 Å². The van der Waals surface area contributed by atoms with Crippen molar-refractivity contribution < 1.29 is 13.7 Å². The van der Waals surface area contributed by atoms with Gasteiger partial charge in [0.1, 0.15) is 11.6 Å². The van der Waals surface area contributed by atoms with E-state index in [2.05, 4.69) is 15.6 Å². The molecule has 1 aromatic heterocycles. The van der Waals surface area contributed by atoms with Gasteiger partial charge in [-0.2, -0.15) is 4.98 Å². The number of nitrogens with zero attached hydrogens (tertiary/aromatic N) is 2. The number of benzene rings is 3. The van der Waals surface area contributed by atoms with Crippen molar-refractivity contribution in [3.8, 4) is 16.9 Å². The van der Waals surface area contributed by atoms with Crippen LogP contribution < -0.4 is 15.4 Å². The fraction of sp³-hybridized carbons (Fsp3) is 0.207. The van der Waals surface area contributed by atoms with Gasteiger partial charge in [0.2, 0.25) is 5.95 Å². The molecule has 0 radical (unpaired) electrons. The van der Waals surface area contributed by atoms with Crippen LogP contribution in [-0.2, 0) is 9.73 Å². The molecule has 0 fully saturated rings. The number of hydrogen-bond donors (Lipinski definition) is 3. The Bertz CT molecular complexity index is 1520. The highest BCUT2D eigenvalue weighted by atomic mass is 32.2. The van der Waals surface area contributed by atoms with Crippen LogP contribution in [0.15, 0.2) is 90.0 Å². The molecule has 3 aromatic carbocycles. The summed E-state index contributed by atoms with van der Waals surface area (Å²) in [7, 11) is -2.86. The van der Waals surface area contributed by atoms with E-state index in [0.29, 0.717) is 65.4 Å². The zero-order valence-electron chi connectivity index (χ0n) is 20.9. The Morgan fingerprint density at radius 1 is 1.00 bits per heavy atom. The Labute approximate surface area is 222 Å². The van der Waals surface area contributed by atoms with Crippen molar-refractivity contribution in [1.29, 1.82) is 4.78 Å². The zero-order chi connectivity index (χ0) is 26.4. The van der Waals surface area contributed by atoms with E-state index in [9.17, 15) is 9.00 Å². The number of nitrogens with one attached hydrogen (secondary N) is 3. The van der Waals surface area contributed by atoms with Crippen molar-refractivity contribution >= 4 is 33.0 Å². The summed E-state index contributed by atoms with van der Waals surface area (Å²) in [4.78, 5) is 22.0. The number of aromatic nitrogens is 2. The molecule has 1 atom stereocenters. The van der Waals surface area contributed by atoms with Gasteiger partial charge in [-0.05, 0) is 48.7 Å². The number of ketones is 1. The van der Waals surface area contributed by atoms with Crippen LogP contribution in [0, 0.1) is 4.78 Å². The minimum Gasteiger partial charge on any atom is -0.493 e. The molecular formula is C29H29N5O3S. The molecule has 1 unspecified atom stereocenters. The van der Waals surface area contributed by atoms with Gasteiger partial charge >= 0.3 is 0 Å². The number of carbonyl (C=O) groups is 1. The number of carbonyl (C=O) groups excluding carboxylic acids is 1. The Balaban J connectivity index is 1.30. The molecule has 5 rings (SSSR count). The second-order valence-corrected chi connectivity index (χ2v) is 11.3. The van der Waals surface area contributed by atoms with Crippen molar-refractivity contribution in [3.63, 3.8) is 0 Å². The fourth-order valence-electron chi connectivity index (χ4n) is 4.21. The summed E-state index contributed by atoms with van der Waals surface area (Å²) < 4.78 is 27.0. The van der Waals surface area contributed by atoms with Crippen LogP contribution in [0.3, 0.4) is 0 Å².